The minimum atomic E-state index is -6.00. The van der Waals surface area contributed by atoms with Crippen LogP contribution in [0.5, 0.6) is 0 Å². The van der Waals surface area contributed by atoms with Crippen LogP contribution in [0.15, 0.2) is 132 Å². The van der Waals surface area contributed by atoms with Crippen molar-refractivity contribution in [2.75, 3.05) is 0 Å². The van der Waals surface area contributed by atoms with E-state index in [0.29, 0.717) is 0 Å². The van der Waals surface area contributed by atoms with E-state index in [9.17, 15) is 17.3 Å². The summed E-state index contributed by atoms with van der Waals surface area (Å²) in [5.74, 6) is 1.79. The average molecular weight is 486 g/mol. The number of benzene rings is 4. The Kier molecular flexibility index (Phi) is 7.96. The van der Waals surface area contributed by atoms with E-state index in [0.717, 1.165) is 29.1 Å². The summed E-state index contributed by atoms with van der Waals surface area (Å²) in [4.78, 5) is 0. The molecule has 0 saturated carbocycles. The molecule has 180 valence electrons. The highest BCUT2D eigenvalue weighted by Crippen LogP contribution is 2.38. The van der Waals surface area contributed by atoms with Crippen molar-refractivity contribution in [3.05, 3.63) is 139 Å². The predicted octanol–water partition coefficient (Wildman–Crippen LogP) is 9.45. The van der Waals surface area contributed by atoms with E-state index in [-0.39, 0.29) is 0 Å². The van der Waals surface area contributed by atoms with Gasteiger partial charge in [0.2, 0.25) is 0 Å². The zero-order valence-corrected chi connectivity index (χ0v) is 19.3. The summed E-state index contributed by atoms with van der Waals surface area (Å²) in [6.07, 6.45) is 0.799. The molecule has 1 aromatic heterocycles. The fourth-order valence-corrected chi connectivity index (χ4v) is 3.96. The standard InChI is InChI=1S/C30H23O.BF4/c1-5-13-23(14-6-1)21-28-27(24-15-7-2-8-16-24)22-29(25-17-9-3-10-18-25)31-30(28)26-19-11-4-12-20-26;2-1(3,4)5/h1-20,22H,21H2;/q+1;-1. The van der Waals surface area contributed by atoms with Crippen LogP contribution in [0.25, 0.3) is 33.8 Å². The number of rotatable bonds is 5. The average Bonchev–Trinajstić information content (AvgIpc) is 2.90. The third-order valence-corrected chi connectivity index (χ3v) is 5.49. The van der Waals surface area contributed by atoms with Gasteiger partial charge in [0, 0.05) is 12.0 Å². The van der Waals surface area contributed by atoms with Gasteiger partial charge in [-0.25, -0.2) is 4.42 Å². The van der Waals surface area contributed by atoms with Crippen molar-refractivity contribution in [3.8, 4) is 33.8 Å². The van der Waals surface area contributed by atoms with Crippen LogP contribution >= 0.6 is 0 Å². The van der Waals surface area contributed by atoms with Gasteiger partial charge in [-0.2, -0.15) is 0 Å². The Hall–Kier alpha value is -4.19. The van der Waals surface area contributed by atoms with E-state index >= 15 is 0 Å². The fraction of sp³-hybridized carbons (Fsp3) is 0.0333. The van der Waals surface area contributed by atoms with Gasteiger partial charge in [-0.3, -0.25) is 0 Å². The number of halogens is 4. The van der Waals surface area contributed by atoms with Crippen molar-refractivity contribution >= 4 is 7.25 Å². The molecule has 0 atom stereocenters. The predicted molar refractivity (Wildman–Crippen MR) is 139 cm³/mol. The van der Waals surface area contributed by atoms with Crippen molar-refractivity contribution in [1.82, 2.24) is 0 Å². The first-order chi connectivity index (χ1) is 17.4. The molecule has 36 heavy (non-hydrogen) atoms. The summed E-state index contributed by atoms with van der Waals surface area (Å²) < 4.78 is 45.6. The zero-order valence-electron chi connectivity index (χ0n) is 19.3. The molecule has 0 aliphatic rings. The molecule has 0 unspecified atom stereocenters. The normalized spacial score (nSPS) is 10.9. The van der Waals surface area contributed by atoms with Gasteiger partial charge in [0.05, 0.1) is 22.8 Å². The van der Waals surface area contributed by atoms with Crippen LogP contribution in [0.3, 0.4) is 0 Å². The third kappa shape index (κ3) is 6.92. The Balaban J connectivity index is 0.000000556. The van der Waals surface area contributed by atoms with Gasteiger partial charge < -0.3 is 17.3 Å². The van der Waals surface area contributed by atoms with Crippen LogP contribution < -0.4 is 0 Å². The van der Waals surface area contributed by atoms with Gasteiger partial charge in [-0.05, 0) is 35.4 Å². The lowest BCUT2D eigenvalue weighted by atomic mass is 9.91. The fourth-order valence-electron chi connectivity index (χ4n) is 3.96. The molecule has 4 aromatic carbocycles. The van der Waals surface area contributed by atoms with E-state index < -0.39 is 7.25 Å². The van der Waals surface area contributed by atoms with E-state index in [4.69, 9.17) is 4.42 Å². The Bertz CT molecular complexity index is 1310. The molecule has 0 amide bonds. The van der Waals surface area contributed by atoms with Crippen LogP contribution in [0.1, 0.15) is 11.1 Å². The van der Waals surface area contributed by atoms with Gasteiger partial charge in [0.25, 0.3) is 0 Å². The second-order valence-electron chi connectivity index (χ2n) is 8.09. The molecule has 0 aliphatic carbocycles. The van der Waals surface area contributed by atoms with E-state index in [2.05, 4.69) is 103 Å². The highest BCUT2D eigenvalue weighted by atomic mass is 19.5. The molecule has 0 aliphatic heterocycles. The molecule has 1 nitrogen and oxygen atoms in total. The lowest BCUT2D eigenvalue weighted by Crippen LogP contribution is -2.02. The van der Waals surface area contributed by atoms with Crippen LogP contribution in [0.4, 0.5) is 17.3 Å². The molecule has 1 heterocycles. The summed E-state index contributed by atoms with van der Waals surface area (Å²) in [5, 5.41) is 0. The van der Waals surface area contributed by atoms with Crippen LogP contribution in [-0.4, -0.2) is 7.25 Å². The van der Waals surface area contributed by atoms with Gasteiger partial charge in [0.15, 0.2) is 0 Å². The molecular formula is C30H23BF4O. The topological polar surface area (TPSA) is 11.3 Å². The Morgan fingerprint density at radius 2 is 0.944 bits per heavy atom. The molecule has 0 spiro atoms. The lowest BCUT2D eigenvalue weighted by molar-refractivity contribution is 0.368. The second kappa shape index (κ2) is 11.5. The van der Waals surface area contributed by atoms with E-state index in [1.54, 1.807) is 0 Å². The third-order valence-electron chi connectivity index (χ3n) is 5.49. The summed E-state index contributed by atoms with van der Waals surface area (Å²) in [6.45, 7) is 0. The summed E-state index contributed by atoms with van der Waals surface area (Å²) in [7, 11) is -6.00. The molecule has 6 heteroatoms. The van der Waals surface area contributed by atoms with Crippen molar-refractivity contribution in [3.63, 3.8) is 0 Å². The minimum absolute atomic E-state index is 0.799. The summed E-state index contributed by atoms with van der Waals surface area (Å²) in [5.41, 5.74) is 7.02. The molecule has 0 saturated heterocycles. The highest BCUT2D eigenvalue weighted by Gasteiger charge is 2.27. The molecule has 0 fully saturated rings. The van der Waals surface area contributed by atoms with Gasteiger partial charge in [-0.1, -0.05) is 97.1 Å². The van der Waals surface area contributed by atoms with E-state index in [1.165, 1.54) is 22.3 Å². The SMILES string of the molecule is F[B-](F)(F)F.c1ccc(Cc2c(-c3ccccc3)cc(-c3ccccc3)[o+]c2-c2ccccc2)cc1. The molecule has 5 aromatic rings. The first-order valence-electron chi connectivity index (χ1n) is 11.5. The molecule has 5 rings (SSSR count). The molecule has 0 bridgehead atoms. The highest BCUT2D eigenvalue weighted by molar-refractivity contribution is 6.50. The largest absolute Gasteiger partial charge is 0.673 e. The number of hydrogen-bond donors (Lipinski definition) is 0. The Morgan fingerprint density at radius 1 is 0.528 bits per heavy atom. The molecule has 0 radical (unpaired) electrons. The van der Waals surface area contributed by atoms with Crippen molar-refractivity contribution in [1.29, 1.82) is 0 Å². The Labute approximate surface area is 207 Å². The van der Waals surface area contributed by atoms with Crippen molar-refractivity contribution < 1.29 is 21.7 Å². The van der Waals surface area contributed by atoms with Gasteiger partial charge in [0.1, 0.15) is 0 Å². The maximum absolute atomic E-state index is 9.75. The maximum Gasteiger partial charge on any atom is 0.673 e. The van der Waals surface area contributed by atoms with Gasteiger partial charge in [-0.15, -0.1) is 0 Å². The van der Waals surface area contributed by atoms with Crippen LogP contribution in [0, 0.1) is 0 Å². The van der Waals surface area contributed by atoms with Gasteiger partial charge >= 0.3 is 18.8 Å². The maximum atomic E-state index is 9.75. The summed E-state index contributed by atoms with van der Waals surface area (Å²) in [6, 6.07) is 44.1. The zero-order chi connectivity index (χ0) is 25.4. The monoisotopic (exact) mass is 486 g/mol. The minimum Gasteiger partial charge on any atom is -0.418 e. The smallest absolute Gasteiger partial charge is 0.418 e. The Morgan fingerprint density at radius 3 is 1.44 bits per heavy atom. The second-order valence-corrected chi connectivity index (χ2v) is 8.09. The summed E-state index contributed by atoms with van der Waals surface area (Å²) >= 11 is 0. The molecular weight excluding hydrogens is 463 g/mol. The van der Waals surface area contributed by atoms with Crippen molar-refractivity contribution in [2.45, 2.75) is 6.42 Å². The molecule has 0 N–H and O–H groups in total. The van der Waals surface area contributed by atoms with Crippen LogP contribution in [-0.2, 0) is 6.42 Å². The first-order valence-corrected chi connectivity index (χ1v) is 11.5. The van der Waals surface area contributed by atoms with E-state index in [1.807, 2.05) is 24.3 Å². The first kappa shape index (κ1) is 24.9. The van der Waals surface area contributed by atoms with Crippen LogP contribution in [0.2, 0.25) is 0 Å². The number of hydrogen-bond acceptors (Lipinski definition) is 0. The lowest BCUT2D eigenvalue weighted by Gasteiger charge is -2.10. The van der Waals surface area contributed by atoms with Crippen molar-refractivity contribution in [2.24, 2.45) is 0 Å². The quantitative estimate of drug-likeness (QED) is 0.137.